The summed E-state index contributed by atoms with van der Waals surface area (Å²) in [5, 5.41) is 22.0. The van der Waals surface area contributed by atoms with Crippen LogP contribution in [-0.2, 0) is 48.0 Å². The summed E-state index contributed by atoms with van der Waals surface area (Å²) in [6.45, 7) is 10.3. The van der Waals surface area contributed by atoms with Gasteiger partial charge in [0.25, 0.3) is 0 Å². The molecule has 0 aromatic carbocycles. The molecule has 290 valence electrons. The lowest BCUT2D eigenvalue weighted by Gasteiger charge is -2.62. The highest BCUT2D eigenvalue weighted by molar-refractivity contribution is 5.28. The number of hydrogen-bond donors (Lipinski definition) is 2. The van der Waals surface area contributed by atoms with Crippen LogP contribution in [0, 0.1) is 41.4 Å². The molecule has 8 heterocycles. The zero-order valence-corrected chi connectivity index (χ0v) is 30.2. The van der Waals surface area contributed by atoms with Crippen molar-refractivity contribution in [2.45, 2.75) is 152 Å². The Hall–Kier alpha value is -1.11. The van der Waals surface area contributed by atoms with Crippen molar-refractivity contribution in [2.75, 3.05) is 19.8 Å². The number of hydrogen-bond acceptors (Lipinski definition) is 12. The number of alkyl halides is 3. The van der Waals surface area contributed by atoms with Crippen LogP contribution in [0.15, 0.2) is 11.3 Å². The van der Waals surface area contributed by atoms with Gasteiger partial charge in [-0.25, -0.2) is 19.6 Å². The summed E-state index contributed by atoms with van der Waals surface area (Å²) in [6.07, 6.45) is -4.21. The Balaban J connectivity index is 0.942. The van der Waals surface area contributed by atoms with Gasteiger partial charge in [-0.3, -0.25) is 0 Å². The van der Waals surface area contributed by atoms with Crippen molar-refractivity contribution in [1.29, 1.82) is 0 Å². The first-order valence-electron chi connectivity index (χ1n) is 18.8. The Labute approximate surface area is 296 Å². The van der Waals surface area contributed by atoms with Gasteiger partial charge >= 0.3 is 6.18 Å². The summed E-state index contributed by atoms with van der Waals surface area (Å²) in [4.78, 5) is 23.8. The number of halogens is 3. The molecular formula is C36H53F3O12. The summed E-state index contributed by atoms with van der Waals surface area (Å²) in [5.74, 6) is -4.97. The van der Waals surface area contributed by atoms with Gasteiger partial charge in [-0.15, -0.1) is 0 Å². The summed E-state index contributed by atoms with van der Waals surface area (Å²) in [6, 6.07) is 0. The van der Waals surface area contributed by atoms with E-state index in [0.717, 1.165) is 19.3 Å². The number of fused-ring (bicyclic) bond motifs is 4. The van der Waals surface area contributed by atoms with Crippen molar-refractivity contribution in [3.8, 4) is 0 Å². The van der Waals surface area contributed by atoms with E-state index in [1.807, 2.05) is 13.8 Å². The first-order valence-corrected chi connectivity index (χ1v) is 18.8. The highest BCUT2D eigenvalue weighted by atomic mass is 19.4. The predicted octanol–water partition coefficient (Wildman–Crippen LogP) is 5.40. The Morgan fingerprint density at radius 3 is 1.98 bits per heavy atom. The van der Waals surface area contributed by atoms with Gasteiger partial charge in [0.05, 0.1) is 19.8 Å². The molecule has 15 heteroatoms. The summed E-state index contributed by atoms with van der Waals surface area (Å²) >= 11 is 0. The van der Waals surface area contributed by atoms with Crippen LogP contribution < -0.4 is 0 Å². The van der Waals surface area contributed by atoms with Gasteiger partial charge in [0.1, 0.15) is 12.2 Å². The molecule has 4 bridgehead atoms. The quantitative estimate of drug-likeness (QED) is 0.310. The second-order valence-corrected chi connectivity index (χ2v) is 17.1. The third-order valence-corrected chi connectivity index (χ3v) is 14.0. The molecule has 10 aliphatic rings. The molecular weight excluding hydrogens is 681 g/mol. The molecule has 7 saturated heterocycles. The van der Waals surface area contributed by atoms with Crippen LogP contribution in [0.5, 0.6) is 0 Å². The largest absolute Gasteiger partial charge is 0.456 e. The smallest absolute Gasteiger partial charge is 0.449 e. The topological polar surface area (TPSA) is 133 Å². The molecule has 16 atom stereocenters. The minimum Gasteiger partial charge on any atom is -0.456 e. The molecule has 0 aromatic heterocycles. The van der Waals surface area contributed by atoms with Crippen LogP contribution in [0.1, 0.15) is 92.9 Å². The number of aliphatic hydroxyl groups excluding tert-OH is 2. The Kier molecular flexibility index (Phi) is 9.00. The Bertz CT molecular complexity index is 1380. The fourth-order valence-corrected chi connectivity index (χ4v) is 10.9. The van der Waals surface area contributed by atoms with E-state index in [1.54, 1.807) is 13.8 Å². The fraction of sp³-hybridized carbons (Fsp3) is 0.944. The monoisotopic (exact) mass is 734 g/mol. The van der Waals surface area contributed by atoms with E-state index in [4.69, 9.17) is 48.0 Å². The zero-order chi connectivity index (χ0) is 36.4. The molecule has 0 amide bonds. The third kappa shape index (κ3) is 5.65. The van der Waals surface area contributed by atoms with E-state index in [2.05, 4.69) is 13.8 Å². The first-order chi connectivity index (χ1) is 23.9. The van der Waals surface area contributed by atoms with Crippen molar-refractivity contribution >= 4 is 0 Å². The van der Waals surface area contributed by atoms with E-state index in [1.165, 1.54) is 0 Å². The molecule has 12 nitrogen and oxygen atoms in total. The van der Waals surface area contributed by atoms with Gasteiger partial charge in [-0.2, -0.15) is 13.2 Å². The molecule has 8 aliphatic heterocycles. The molecule has 10 rings (SSSR count). The van der Waals surface area contributed by atoms with Crippen LogP contribution in [-0.4, -0.2) is 89.6 Å². The van der Waals surface area contributed by atoms with E-state index < -0.39 is 84.4 Å². The Morgan fingerprint density at radius 1 is 0.725 bits per heavy atom. The summed E-state index contributed by atoms with van der Waals surface area (Å²) in [7, 11) is 0. The number of ether oxygens (including phenoxy) is 6. The first kappa shape index (κ1) is 36.8. The minimum atomic E-state index is -4.82. The molecule has 2 aliphatic carbocycles. The molecule has 51 heavy (non-hydrogen) atoms. The maximum absolute atomic E-state index is 14.5. The highest BCUT2D eigenvalue weighted by Gasteiger charge is 2.72. The lowest BCUT2D eigenvalue weighted by Crippen LogP contribution is -2.73. The molecule has 2 saturated carbocycles. The van der Waals surface area contributed by atoms with Crippen LogP contribution in [0.25, 0.3) is 0 Å². The average Bonchev–Trinajstić information content (AvgIpc) is 3.44. The van der Waals surface area contributed by atoms with Gasteiger partial charge in [0.2, 0.25) is 23.6 Å². The molecule has 0 unspecified atom stereocenters. The van der Waals surface area contributed by atoms with Crippen molar-refractivity contribution in [3.05, 3.63) is 11.3 Å². The number of allylic oxidation sites excluding steroid dienone is 1. The van der Waals surface area contributed by atoms with Crippen molar-refractivity contribution in [2.24, 2.45) is 41.4 Å². The van der Waals surface area contributed by atoms with Gasteiger partial charge < -0.3 is 38.6 Å². The van der Waals surface area contributed by atoms with Crippen molar-refractivity contribution in [3.63, 3.8) is 0 Å². The van der Waals surface area contributed by atoms with Crippen LogP contribution in [0.4, 0.5) is 13.2 Å². The van der Waals surface area contributed by atoms with E-state index in [-0.39, 0.29) is 41.8 Å². The van der Waals surface area contributed by atoms with E-state index >= 15 is 0 Å². The standard InChI is InChI=1S/C36H53F3O12/c1-18-7-9-24-20(3)33(6,47-30-34(24)22(18)11-14-32(5,46-30)49-50-34)43-17-27(41)26(40)16-42-15-21-25-10-8-19(2)23-12-13-31(4)45-29(35(23,25)51-48-31)44-28(21)36(37,38)39/h18-20,22-27,29-30,40-41H,7-17H2,1-6H3/t18-,19-,20-,22+,23+,24+,25+,26-,27-,29-,30+,31+,32+,33+,34-,35-/m1/s1. The molecule has 2 N–H and O–H groups in total. The predicted molar refractivity (Wildman–Crippen MR) is 167 cm³/mol. The van der Waals surface area contributed by atoms with Crippen LogP contribution in [0.2, 0.25) is 0 Å². The van der Waals surface area contributed by atoms with Crippen LogP contribution in [0.3, 0.4) is 0 Å². The van der Waals surface area contributed by atoms with Crippen molar-refractivity contribution < 1.29 is 71.4 Å². The maximum Gasteiger partial charge on any atom is 0.449 e. The Morgan fingerprint density at radius 2 is 1.31 bits per heavy atom. The highest BCUT2D eigenvalue weighted by Crippen LogP contribution is 2.63. The van der Waals surface area contributed by atoms with Gasteiger partial charge in [0.15, 0.2) is 23.3 Å². The minimum absolute atomic E-state index is 0.0168. The SMILES string of the molecule is C[C@@H]1CC[C@H]2[C@@H](C)[C@@](C)(OC[C@@H](O)[C@H](O)COCC3=C(C(F)(F)F)O[C@@H]4O[C@]5(C)CC[C@H]6[C@H](C)CC[C@@H]3[C@@]46OO5)O[C@@H]3O[C@]4(C)CC[C@@H]1[C@]32OO4. The fourth-order valence-electron chi connectivity index (χ4n) is 10.9. The van der Waals surface area contributed by atoms with E-state index in [9.17, 15) is 23.4 Å². The second kappa shape index (κ2) is 12.5. The van der Waals surface area contributed by atoms with Gasteiger partial charge in [0, 0.05) is 42.1 Å². The van der Waals surface area contributed by atoms with Gasteiger partial charge in [-0.05, 0) is 77.0 Å². The third-order valence-electron chi connectivity index (χ3n) is 14.0. The molecule has 2 spiro atoms. The summed E-state index contributed by atoms with van der Waals surface area (Å²) in [5.41, 5.74) is -2.18. The second-order valence-electron chi connectivity index (χ2n) is 17.1. The normalized spacial score (nSPS) is 51.5. The lowest BCUT2D eigenvalue weighted by molar-refractivity contribution is -0.586. The zero-order valence-electron chi connectivity index (χ0n) is 30.2. The molecule has 9 fully saturated rings. The van der Waals surface area contributed by atoms with Crippen molar-refractivity contribution in [1.82, 2.24) is 0 Å². The summed E-state index contributed by atoms with van der Waals surface area (Å²) < 4.78 is 80.3. The average molecular weight is 735 g/mol. The number of aliphatic hydroxyl groups is 2. The van der Waals surface area contributed by atoms with Gasteiger partial charge in [-0.1, -0.05) is 20.8 Å². The molecule has 0 radical (unpaired) electrons. The van der Waals surface area contributed by atoms with E-state index in [0.29, 0.717) is 38.0 Å². The lowest BCUT2D eigenvalue weighted by atomic mass is 9.57. The van der Waals surface area contributed by atoms with Crippen LogP contribution >= 0.6 is 0 Å². The molecule has 0 aromatic rings. The maximum atomic E-state index is 14.5. The number of rotatable bonds is 8.